The Labute approximate surface area is 107 Å². The van der Waals surface area contributed by atoms with Crippen molar-refractivity contribution in [2.45, 2.75) is 0 Å². The van der Waals surface area contributed by atoms with Gasteiger partial charge in [-0.3, -0.25) is 0 Å². The van der Waals surface area contributed by atoms with Crippen molar-refractivity contribution in [2.75, 3.05) is 13.7 Å². The van der Waals surface area contributed by atoms with Gasteiger partial charge in [-0.15, -0.1) is 0 Å². The molecule has 0 aliphatic carbocycles. The lowest BCUT2D eigenvalue weighted by atomic mass is 10.2. The molecule has 1 aromatic carbocycles. The summed E-state index contributed by atoms with van der Waals surface area (Å²) in [5.41, 5.74) is -0.216. The van der Waals surface area contributed by atoms with E-state index in [0.29, 0.717) is 0 Å². The monoisotopic (exact) mass is 278 g/mol. The number of carboxylic acid groups (broad SMARTS) is 1. The molecule has 0 heterocycles. The van der Waals surface area contributed by atoms with E-state index in [2.05, 4.69) is 4.74 Å². The number of ether oxygens (including phenoxy) is 2. The van der Waals surface area contributed by atoms with Gasteiger partial charge in [0.05, 0.1) is 12.1 Å². The van der Waals surface area contributed by atoms with Crippen LogP contribution in [0.3, 0.4) is 0 Å². The van der Waals surface area contributed by atoms with Gasteiger partial charge in [-0.25, -0.2) is 9.59 Å². The first-order valence-electron chi connectivity index (χ1n) is 4.37. The summed E-state index contributed by atoms with van der Waals surface area (Å²) in [5, 5.41) is 9.10. The van der Waals surface area contributed by atoms with Crippen LogP contribution in [-0.2, 0) is 9.53 Å². The molecule has 1 rings (SSSR count). The van der Waals surface area contributed by atoms with Gasteiger partial charge in [0.15, 0.2) is 12.4 Å². The van der Waals surface area contributed by atoms with Gasteiger partial charge in [0.25, 0.3) is 0 Å². The van der Waals surface area contributed by atoms with Crippen LogP contribution in [0.4, 0.5) is 0 Å². The number of rotatable bonds is 4. The summed E-state index contributed by atoms with van der Waals surface area (Å²) >= 11 is 11.4. The lowest BCUT2D eigenvalue weighted by Gasteiger charge is -2.10. The first-order chi connectivity index (χ1) is 7.95. The molecule has 0 amide bonds. The zero-order valence-corrected chi connectivity index (χ0v) is 10.2. The number of methoxy groups -OCH3 is 1. The Morgan fingerprint density at radius 3 is 2.53 bits per heavy atom. The van der Waals surface area contributed by atoms with E-state index in [4.69, 9.17) is 33.0 Å². The third kappa shape index (κ3) is 3.51. The van der Waals surface area contributed by atoms with Crippen LogP contribution in [-0.4, -0.2) is 30.8 Å². The Balaban J connectivity index is 3.04. The molecular formula is C10H8Cl2O5. The molecule has 0 saturated heterocycles. The van der Waals surface area contributed by atoms with Gasteiger partial charge in [0.2, 0.25) is 0 Å². The molecule has 0 unspecified atom stereocenters. The first kappa shape index (κ1) is 13.6. The third-order valence-corrected chi connectivity index (χ3v) is 2.30. The molecule has 5 nitrogen and oxygen atoms in total. The molecule has 7 heteroatoms. The fourth-order valence-corrected chi connectivity index (χ4v) is 1.60. The van der Waals surface area contributed by atoms with Crippen molar-refractivity contribution in [2.24, 2.45) is 0 Å². The van der Waals surface area contributed by atoms with Crippen molar-refractivity contribution in [3.8, 4) is 5.75 Å². The summed E-state index contributed by atoms with van der Waals surface area (Å²) in [7, 11) is 1.19. The van der Waals surface area contributed by atoms with E-state index in [0.717, 1.165) is 0 Å². The molecular weight excluding hydrogens is 271 g/mol. The van der Waals surface area contributed by atoms with Crippen molar-refractivity contribution in [1.29, 1.82) is 0 Å². The lowest BCUT2D eigenvalue weighted by Crippen LogP contribution is -2.14. The van der Waals surface area contributed by atoms with Crippen LogP contribution in [0.15, 0.2) is 12.1 Å². The van der Waals surface area contributed by atoms with Crippen LogP contribution < -0.4 is 4.74 Å². The summed E-state index contributed by atoms with van der Waals surface area (Å²) in [5.74, 6) is -2.02. The number of benzene rings is 1. The smallest absolute Gasteiger partial charge is 0.343 e. The van der Waals surface area contributed by atoms with Crippen molar-refractivity contribution < 1.29 is 24.2 Å². The van der Waals surface area contributed by atoms with Crippen LogP contribution >= 0.6 is 23.2 Å². The number of hydrogen-bond acceptors (Lipinski definition) is 4. The van der Waals surface area contributed by atoms with Gasteiger partial charge in [0, 0.05) is 5.02 Å². The fourth-order valence-electron chi connectivity index (χ4n) is 1.06. The predicted octanol–water partition coefficient (Wildman–Crippen LogP) is 2.24. The summed E-state index contributed by atoms with van der Waals surface area (Å²) in [6, 6.07) is 2.50. The third-order valence-electron chi connectivity index (χ3n) is 1.80. The van der Waals surface area contributed by atoms with E-state index >= 15 is 0 Å². The van der Waals surface area contributed by atoms with Gasteiger partial charge in [-0.05, 0) is 12.1 Å². The minimum Gasteiger partial charge on any atom is -0.479 e. The van der Waals surface area contributed by atoms with E-state index in [-0.39, 0.29) is 21.4 Å². The standard InChI is InChI=1S/C10H8Cl2O5/c1-16-8(13)4-17-9-6(10(14)15)2-5(11)3-7(9)12/h2-3H,4H2,1H3,(H,14,15). The highest BCUT2D eigenvalue weighted by Crippen LogP contribution is 2.32. The van der Waals surface area contributed by atoms with Crippen molar-refractivity contribution in [1.82, 2.24) is 0 Å². The van der Waals surface area contributed by atoms with Crippen molar-refractivity contribution >= 4 is 35.1 Å². The topological polar surface area (TPSA) is 72.8 Å². The van der Waals surface area contributed by atoms with Crippen LogP contribution in [0.25, 0.3) is 0 Å². The molecule has 0 saturated carbocycles. The van der Waals surface area contributed by atoms with E-state index < -0.39 is 18.5 Å². The average Bonchev–Trinajstić information content (AvgIpc) is 2.26. The number of carboxylic acids is 1. The SMILES string of the molecule is COC(=O)COc1c(Cl)cc(Cl)cc1C(=O)O. The molecule has 1 aromatic rings. The molecule has 1 N–H and O–H groups in total. The maximum atomic E-state index is 10.9. The maximum Gasteiger partial charge on any atom is 0.343 e. The Kier molecular flexibility index (Phi) is 4.60. The highest BCUT2D eigenvalue weighted by Gasteiger charge is 2.17. The van der Waals surface area contributed by atoms with Gasteiger partial charge < -0.3 is 14.6 Å². The zero-order valence-electron chi connectivity index (χ0n) is 8.70. The maximum absolute atomic E-state index is 10.9. The quantitative estimate of drug-likeness (QED) is 0.856. The van der Waals surface area contributed by atoms with E-state index in [1.165, 1.54) is 19.2 Å². The summed E-state index contributed by atoms with van der Waals surface area (Å²) < 4.78 is 9.35. The molecule has 0 aromatic heterocycles. The molecule has 0 fully saturated rings. The fraction of sp³-hybridized carbons (Fsp3) is 0.200. The molecule has 17 heavy (non-hydrogen) atoms. The average molecular weight is 279 g/mol. The van der Waals surface area contributed by atoms with Crippen LogP contribution in [0.2, 0.25) is 10.0 Å². The molecule has 0 aliphatic rings. The second-order valence-electron chi connectivity index (χ2n) is 2.93. The largest absolute Gasteiger partial charge is 0.479 e. The number of esters is 1. The second-order valence-corrected chi connectivity index (χ2v) is 3.78. The molecule has 92 valence electrons. The first-order valence-corrected chi connectivity index (χ1v) is 5.13. The minimum absolute atomic E-state index is 0.0128. The van der Waals surface area contributed by atoms with Gasteiger partial charge in [-0.2, -0.15) is 0 Å². The molecule has 0 atom stereocenters. The summed E-state index contributed by atoms with van der Waals surface area (Å²) in [4.78, 5) is 21.8. The molecule has 0 aliphatic heterocycles. The lowest BCUT2D eigenvalue weighted by molar-refractivity contribution is -0.142. The Morgan fingerprint density at radius 2 is 2.00 bits per heavy atom. The van der Waals surface area contributed by atoms with Crippen molar-refractivity contribution in [3.05, 3.63) is 27.7 Å². The Bertz CT molecular complexity index is 458. The van der Waals surface area contributed by atoms with Crippen LogP contribution in [0.5, 0.6) is 5.75 Å². The molecule has 0 spiro atoms. The highest BCUT2D eigenvalue weighted by atomic mass is 35.5. The second kappa shape index (κ2) is 5.75. The molecule has 0 bridgehead atoms. The molecule has 0 radical (unpaired) electrons. The minimum atomic E-state index is -1.26. The predicted molar refractivity (Wildman–Crippen MR) is 60.9 cm³/mol. The Morgan fingerprint density at radius 1 is 1.35 bits per heavy atom. The van der Waals surface area contributed by atoms with Gasteiger partial charge in [-0.1, -0.05) is 23.2 Å². The normalized spacial score (nSPS) is 9.82. The van der Waals surface area contributed by atoms with Gasteiger partial charge >= 0.3 is 11.9 Å². The van der Waals surface area contributed by atoms with E-state index in [1.807, 2.05) is 0 Å². The number of halogens is 2. The number of carbonyl (C=O) groups is 2. The van der Waals surface area contributed by atoms with Crippen LogP contribution in [0, 0.1) is 0 Å². The zero-order chi connectivity index (χ0) is 13.0. The van der Waals surface area contributed by atoms with Crippen molar-refractivity contribution in [3.63, 3.8) is 0 Å². The van der Waals surface area contributed by atoms with E-state index in [9.17, 15) is 9.59 Å². The van der Waals surface area contributed by atoms with Crippen LogP contribution in [0.1, 0.15) is 10.4 Å². The number of aromatic carboxylic acids is 1. The summed E-state index contributed by atoms with van der Waals surface area (Å²) in [6.45, 7) is -0.432. The van der Waals surface area contributed by atoms with E-state index in [1.54, 1.807) is 0 Å². The number of hydrogen-bond donors (Lipinski definition) is 1. The highest BCUT2D eigenvalue weighted by molar-refractivity contribution is 6.36. The van der Waals surface area contributed by atoms with Gasteiger partial charge in [0.1, 0.15) is 5.56 Å². The Hall–Kier alpha value is -1.46. The summed E-state index contributed by atoms with van der Waals surface area (Å²) in [6.07, 6.45) is 0. The number of carbonyl (C=O) groups excluding carboxylic acids is 1.